The minimum Gasteiger partial charge on any atom is -0.383 e. The van der Waals surface area contributed by atoms with Crippen LogP contribution in [0.25, 0.3) is 0 Å². The van der Waals surface area contributed by atoms with Gasteiger partial charge in [0.15, 0.2) is 0 Å². The van der Waals surface area contributed by atoms with Crippen molar-refractivity contribution >= 4 is 29.1 Å². The van der Waals surface area contributed by atoms with Gasteiger partial charge in [-0.2, -0.15) is 0 Å². The van der Waals surface area contributed by atoms with Gasteiger partial charge in [0.2, 0.25) is 11.8 Å². The molecule has 1 aromatic heterocycles. The molecule has 33 heavy (non-hydrogen) atoms. The Morgan fingerprint density at radius 2 is 1.91 bits per heavy atom. The van der Waals surface area contributed by atoms with Crippen LogP contribution in [0.3, 0.4) is 0 Å². The first kappa shape index (κ1) is 24.9. The van der Waals surface area contributed by atoms with E-state index in [2.05, 4.69) is 10.6 Å². The summed E-state index contributed by atoms with van der Waals surface area (Å²) in [5.41, 5.74) is 0.111. The molecule has 3 rings (SSSR count). The number of carbonyl (C=O) groups excluding carboxylic acids is 3. The van der Waals surface area contributed by atoms with Crippen LogP contribution in [-0.4, -0.2) is 55.5 Å². The highest BCUT2D eigenvalue weighted by atomic mass is 32.1. The van der Waals surface area contributed by atoms with Crippen LogP contribution in [0, 0.1) is 5.82 Å². The van der Waals surface area contributed by atoms with Crippen LogP contribution in [0.2, 0.25) is 0 Å². The zero-order chi connectivity index (χ0) is 23.6. The highest BCUT2D eigenvalue weighted by Crippen LogP contribution is 2.26. The van der Waals surface area contributed by atoms with Gasteiger partial charge in [-0.25, -0.2) is 4.39 Å². The zero-order valence-electron chi connectivity index (χ0n) is 18.7. The summed E-state index contributed by atoms with van der Waals surface area (Å²) in [4.78, 5) is 40.7. The SMILES string of the molecule is COCCN(C(=O)CNC(=O)c1cccs1)[C@H](C(=O)NC1CCCCC1)c1ccccc1F. The van der Waals surface area contributed by atoms with E-state index in [9.17, 15) is 18.8 Å². The van der Waals surface area contributed by atoms with Crippen LogP contribution in [0.15, 0.2) is 41.8 Å². The maximum atomic E-state index is 14.8. The van der Waals surface area contributed by atoms with Crippen LogP contribution in [0.5, 0.6) is 0 Å². The summed E-state index contributed by atoms with van der Waals surface area (Å²) in [6, 6.07) is 8.19. The van der Waals surface area contributed by atoms with E-state index in [1.165, 1.54) is 41.5 Å². The van der Waals surface area contributed by atoms with E-state index in [1.54, 1.807) is 23.6 Å². The molecule has 9 heteroatoms. The van der Waals surface area contributed by atoms with E-state index >= 15 is 0 Å². The Morgan fingerprint density at radius 3 is 2.58 bits per heavy atom. The Morgan fingerprint density at radius 1 is 1.15 bits per heavy atom. The average Bonchev–Trinajstić information content (AvgIpc) is 3.36. The highest BCUT2D eigenvalue weighted by molar-refractivity contribution is 7.12. The van der Waals surface area contributed by atoms with Crippen LogP contribution in [-0.2, 0) is 14.3 Å². The molecular weight excluding hydrogens is 445 g/mol. The topological polar surface area (TPSA) is 87.7 Å². The number of hydrogen-bond donors (Lipinski definition) is 2. The molecule has 0 aliphatic heterocycles. The molecule has 1 saturated carbocycles. The number of amides is 3. The molecule has 0 saturated heterocycles. The van der Waals surface area contributed by atoms with Crippen molar-refractivity contribution in [3.05, 3.63) is 58.0 Å². The van der Waals surface area contributed by atoms with Crippen LogP contribution in [0.4, 0.5) is 4.39 Å². The second-order valence-corrected chi connectivity index (χ2v) is 8.96. The minimum atomic E-state index is -1.17. The fraction of sp³-hybridized carbons (Fsp3) is 0.458. The van der Waals surface area contributed by atoms with Crippen molar-refractivity contribution in [3.8, 4) is 0 Å². The Balaban J connectivity index is 1.83. The molecule has 2 N–H and O–H groups in total. The third-order valence-electron chi connectivity index (χ3n) is 5.71. The maximum absolute atomic E-state index is 14.8. The number of nitrogens with zero attached hydrogens (tertiary/aromatic N) is 1. The second-order valence-electron chi connectivity index (χ2n) is 8.01. The summed E-state index contributed by atoms with van der Waals surface area (Å²) >= 11 is 1.26. The quantitative estimate of drug-likeness (QED) is 0.552. The zero-order valence-corrected chi connectivity index (χ0v) is 19.5. The summed E-state index contributed by atoms with van der Waals surface area (Å²) in [5.74, 6) is -1.87. The van der Waals surface area contributed by atoms with Crippen molar-refractivity contribution < 1.29 is 23.5 Å². The lowest BCUT2D eigenvalue weighted by molar-refractivity contribution is -0.141. The third kappa shape index (κ3) is 6.85. The number of ether oxygens (including phenoxy) is 1. The summed E-state index contributed by atoms with van der Waals surface area (Å²) in [7, 11) is 1.49. The van der Waals surface area contributed by atoms with Gasteiger partial charge in [-0.05, 0) is 30.4 Å². The molecule has 3 amide bonds. The van der Waals surface area contributed by atoms with Gasteiger partial charge >= 0.3 is 0 Å². The number of methoxy groups -OCH3 is 1. The van der Waals surface area contributed by atoms with Gasteiger partial charge in [-0.15, -0.1) is 11.3 Å². The maximum Gasteiger partial charge on any atom is 0.261 e. The number of thiophene rings is 1. The van der Waals surface area contributed by atoms with Gasteiger partial charge in [0, 0.05) is 25.3 Å². The smallest absolute Gasteiger partial charge is 0.261 e. The van der Waals surface area contributed by atoms with Crippen molar-refractivity contribution in [2.45, 2.75) is 44.2 Å². The Bertz CT molecular complexity index is 932. The van der Waals surface area contributed by atoms with Crippen molar-refractivity contribution in [2.75, 3.05) is 26.8 Å². The third-order valence-corrected chi connectivity index (χ3v) is 6.58. The highest BCUT2D eigenvalue weighted by Gasteiger charge is 2.34. The fourth-order valence-corrected chi connectivity index (χ4v) is 4.65. The summed E-state index contributed by atoms with van der Waals surface area (Å²) in [5, 5.41) is 7.38. The number of benzene rings is 1. The van der Waals surface area contributed by atoms with Gasteiger partial charge < -0.3 is 20.3 Å². The van der Waals surface area contributed by atoms with Crippen molar-refractivity contribution in [2.24, 2.45) is 0 Å². The Kier molecular flexibility index (Phi) is 9.38. The molecule has 0 radical (unpaired) electrons. The first-order chi connectivity index (χ1) is 16.0. The molecule has 1 aliphatic carbocycles. The average molecular weight is 476 g/mol. The molecule has 1 aliphatic rings. The summed E-state index contributed by atoms with van der Waals surface area (Å²) < 4.78 is 20.0. The predicted octanol–water partition coefficient (Wildman–Crippen LogP) is 3.28. The monoisotopic (exact) mass is 475 g/mol. The van der Waals surface area contributed by atoms with E-state index < -0.39 is 23.7 Å². The standard InChI is InChI=1S/C24H30FN3O4S/c1-32-14-13-28(21(29)16-26-23(30)20-12-7-15-33-20)22(18-10-5-6-11-19(18)25)24(31)27-17-8-3-2-4-9-17/h5-7,10-12,15,17,22H,2-4,8-9,13-14,16H2,1H3,(H,26,30)(H,27,31)/t22-/m0/s1. The van der Waals surface area contributed by atoms with E-state index in [4.69, 9.17) is 4.74 Å². The molecule has 0 spiro atoms. The van der Waals surface area contributed by atoms with Crippen LogP contribution in [0.1, 0.15) is 53.4 Å². The lowest BCUT2D eigenvalue weighted by Gasteiger charge is -2.33. The Labute approximate surface area is 197 Å². The van der Waals surface area contributed by atoms with E-state index in [0.29, 0.717) is 4.88 Å². The molecule has 1 aromatic carbocycles. The van der Waals surface area contributed by atoms with Crippen molar-refractivity contribution in [3.63, 3.8) is 0 Å². The predicted molar refractivity (Wildman–Crippen MR) is 124 cm³/mol. The number of hydrogen-bond acceptors (Lipinski definition) is 5. The molecule has 0 unspecified atom stereocenters. The van der Waals surface area contributed by atoms with E-state index in [0.717, 1.165) is 32.1 Å². The van der Waals surface area contributed by atoms with Crippen LogP contribution >= 0.6 is 11.3 Å². The summed E-state index contributed by atoms with van der Waals surface area (Å²) in [6.45, 7) is -0.0876. The van der Waals surface area contributed by atoms with Crippen molar-refractivity contribution in [1.29, 1.82) is 0 Å². The lowest BCUT2D eigenvalue weighted by atomic mass is 9.94. The van der Waals surface area contributed by atoms with E-state index in [1.807, 2.05) is 0 Å². The molecule has 2 aromatic rings. The lowest BCUT2D eigenvalue weighted by Crippen LogP contribution is -2.50. The molecule has 0 bridgehead atoms. The second kappa shape index (κ2) is 12.5. The largest absolute Gasteiger partial charge is 0.383 e. The molecule has 1 heterocycles. The van der Waals surface area contributed by atoms with Gasteiger partial charge in [0.05, 0.1) is 18.0 Å². The summed E-state index contributed by atoms with van der Waals surface area (Å²) in [6.07, 6.45) is 4.90. The van der Waals surface area contributed by atoms with Gasteiger partial charge in [-0.3, -0.25) is 14.4 Å². The number of carbonyl (C=O) groups is 3. The molecule has 1 atom stereocenters. The molecule has 1 fully saturated rings. The van der Waals surface area contributed by atoms with Gasteiger partial charge in [-0.1, -0.05) is 43.5 Å². The minimum absolute atomic E-state index is 0.00145. The number of halogens is 1. The van der Waals surface area contributed by atoms with Crippen molar-refractivity contribution in [1.82, 2.24) is 15.5 Å². The first-order valence-corrected chi connectivity index (χ1v) is 12.0. The number of nitrogens with one attached hydrogen (secondary N) is 2. The molecular formula is C24H30FN3O4S. The van der Waals surface area contributed by atoms with E-state index in [-0.39, 0.29) is 37.2 Å². The molecule has 178 valence electrons. The number of rotatable bonds is 10. The van der Waals surface area contributed by atoms with Crippen LogP contribution < -0.4 is 10.6 Å². The first-order valence-electron chi connectivity index (χ1n) is 11.2. The van der Waals surface area contributed by atoms with Gasteiger partial charge in [0.25, 0.3) is 5.91 Å². The normalized spacial score (nSPS) is 15.0. The fourth-order valence-electron chi connectivity index (χ4n) is 4.01. The Hall–Kier alpha value is -2.78. The van der Waals surface area contributed by atoms with Gasteiger partial charge in [0.1, 0.15) is 11.9 Å². The molecule has 7 nitrogen and oxygen atoms in total.